The highest BCUT2D eigenvalue weighted by Crippen LogP contribution is 2.26. The first-order valence-corrected chi connectivity index (χ1v) is 5.30. The Kier molecular flexibility index (Phi) is 5.21. The van der Waals surface area contributed by atoms with Crippen LogP contribution < -0.4 is 0 Å². The first-order chi connectivity index (χ1) is 7.13. The fraction of sp³-hybridized carbons (Fsp3) is 0.667. The van der Waals surface area contributed by atoms with Gasteiger partial charge in [0.2, 0.25) is 0 Å². The second-order valence-electron chi connectivity index (χ2n) is 5.33. The van der Waals surface area contributed by atoms with Crippen LogP contribution in [0.4, 0.5) is 0 Å². The summed E-state index contributed by atoms with van der Waals surface area (Å²) in [6.45, 7) is 8.29. The van der Waals surface area contributed by atoms with Gasteiger partial charge in [-0.25, -0.2) is 9.59 Å². The lowest BCUT2D eigenvalue weighted by atomic mass is 9.84. The van der Waals surface area contributed by atoms with Crippen molar-refractivity contribution < 1.29 is 19.8 Å². The van der Waals surface area contributed by atoms with Crippen molar-refractivity contribution in [3.8, 4) is 0 Å². The number of hydrogen-bond donors (Lipinski definition) is 2. The summed E-state index contributed by atoms with van der Waals surface area (Å²) in [5, 5.41) is 17.3. The van der Waals surface area contributed by atoms with Crippen LogP contribution in [0.5, 0.6) is 0 Å². The molecule has 0 aromatic heterocycles. The van der Waals surface area contributed by atoms with E-state index in [1.165, 1.54) is 6.08 Å². The molecular weight excluding hydrogens is 208 g/mol. The van der Waals surface area contributed by atoms with E-state index in [9.17, 15) is 9.59 Å². The molecule has 0 rings (SSSR count). The van der Waals surface area contributed by atoms with E-state index in [2.05, 4.69) is 20.8 Å². The summed E-state index contributed by atoms with van der Waals surface area (Å²) in [5.74, 6) is -2.49. The third-order valence-electron chi connectivity index (χ3n) is 2.15. The van der Waals surface area contributed by atoms with Crippen LogP contribution in [0, 0.1) is 11.3 Å². The Balaban J connectivity index is 4.45. The van der Waals surface area contributed by atoms with E-state index in [1.54, 1.807) is 0 Å². The standard InChI is InChI=1S/C12H20O4/c1-8(7-12(2,3)4)5-6-9(10(13)14)11(15)16/h6,8H,5,7H2,1-4H3,(H,13,14)(H,15,16). The largest absolute Gasteiger partial charge is 0.477 e. The lowest BCUT2D eigenvalue weighted by Gasteiger charge is -2.22. The number of rotatable bonds is 5. The molecule has 0 aromatic carbocycles. The number of allylic oxidation sites excluding steroid dienone is 1. The summed E-state index contributed by atoms with van der Waals surface area (Å²) in [7, 11) is 0. The predicted molar refractivity (Wildman–Crippen MR) is 61.2 cm³/mol. The Morgan fingerprint density at radius 1 is 1.19 bits per heavy atom. The molecule has 0 aliphatic carbocycles. The fourth-order valence-corrected chi connectivity index (χ4v) is 1.71. The monoisotopic (exact) mass is 228 g/mol. The smallest absolute Gasteiger partial charge is 0.342 e. The van der Waals surface area contributed by atoms with Gasteiger partial charge < -0.3 is 10.2 Å². The van der Waals surface area contributed by atoms with Crippen molar-refractivity contribution >= 4 is 11.9 Å². The average molecular weight is 228 g/mol. The quantitative estimate of drug-likeness (QED) is 0.431. The molecule has 1 atom stereocenters. The van der Waals surface area contributed by atoms with E-state index in [4.69, 9.17) is 10.2 Å². The van der Waals surface area contributed by atoms with E-state index in [1.807, 2.05) is 6.92 Å². The van der Waals surface area contributed by atoms with Gasteiger partial charge in [0, 0.05) is 0 Å². The van der Waals surface area contributed by atoms with Crippen molar-refractivity contribution in [3.05, 3.63) is 11.6 Å². The van der Waals surface area contributed by atoms with Crippen LogP contribution in [0.1, 0.15) is 40.5 Å². The zero-order valence-corrected chi connectivity index (χ0v) is 10.3. The maximum atomic E-state index is 10.6. The fourth-order valence-electron chi connectivity index (χ4n) is 1.71. The van der Waals surface area contributed by atoms with E-state index >= 15 is 0 Å². The Bertz CT molecular complexity index is 281. The molecule has 4 heteroatoms. The second-order valence-corrected chi connectivity index (χ2v) is 5.33. The molecule has 0 aliphatic heterocycles. The van der Waals surface area contributed by atoms with E-state index in [0.717, 1.165) is 6.42 Å². The first kappa shape index (κ1) is 14.7. The predicted octanol–water partition coefficient (Wildman–Crippen LogP) is 2.54. The van der Waals surface area contributed by atoms with Gasteiger partial charge >= 0.3 is 11.9 Å². The molecule has 4 nitrogen and oxygen atoms in total. The zero-order chi connectivity index (χ0) is 12.9. The Morgan fingerprint density at radius 2 is 1.62 bits per heavy atom. The van der Waals surface area contributed by atoms with Crippen molar-refractivity contribution in [1.29, 1.82) is 0 Å². The van der Waals surface area contributed by atoms with Crippen molar-refractivity contribution in [2.24, 2.45) is 11.3 Å². The molecule has 92 valence electrons. The molecule has 2 N–H and O–H groups in total. The van der Waals surface area contributed by atoms with Crippen LogP contribution in [0.15, 0.2) is 11.6 Å². The molecule has 1 unspecified atom stereocenters. The third kappa shape index (κ3) is 6.22. The van der Waals surface area contributed by atoms with Gasteiger partial charge in [-0.2, -0.15) is 0 Å². The summed E-state index contributed by atoms with van der Waals surface area (Å²) in [5.41, 5.74) is -0.374. The van der Waals surface area contributed by atoms with Gasteiger partial charge in [-0.15, -0.1) is 0 Å². The zero-order valence-electron chi connectivity index (χ0n) is 10.3. The maximum absolute atomic E-state index is 10.6. The summed E-state index contributed by atoms with van der Waals surface area (Å²) in [6.07, 6.45) is 2.70. The van der Waals surface area contributed by atoms with Crippen LogP contribution in [-0.2, 0) is 9.59 Å². The molecule has 0 saturated heterocycles. The Hall–Kier alpha value is -1.32. The van der Waals surface area contributed by atoms with Crippen LogP contribution in [-0.4, -0.2) is 22.2 Å². The van der Waals surface area contributed by atoms with Gasteiger partial charge in [0.15, 0.2) is 0 Å². The molecule has 0 amide bonds. The summed E-state index contributed by atoms with van der Waals surface area (Å²) in [6, 6.07) is 0. The van der Waals surface area contributed by atoms with Crippen molar-refractivity contribution in [2.75, 3.05) is 0 Å². The van der Waals surface area contributed by atoms with Gasteiger partial charge in [0.05, 0.1) is 0 Å². The van der Waals surface area contributed by atoms with Crippen molar-refractivity contribution in [1.82, 2.24) is 0 Å². The Labute approximate surface area is 96.0 Å². The second kappa shape index (κ2) is 5.68. The highest BCUT2D eigenvalue weighted by Gasteiger charge is 2.18. The topological polar surface area (TPSA) is 74.6 Å². The SMILES string of the molecule is CC(CC=C(C(=O)O)C(=O)O)CC(C)(C)C. The third-order valence-corrected chi connectivity index (χ3v) is 2.15. The molecule has 0 spiro atoms. The molecule has 0 radical (unpaired) electrons. The van der Waals surface area contributed by atoms with Gasteiger partial charge in [0.1, 0.15) is 5.57 Å². The maximum Gasteiger partial charge on any atom is 0.342 e. The number of carboxylic acids is 2. The van der Waals surface area contributed by atoms with Gasteiger partial charge in [-0.3, -0.25) is 0 Å². The summed E-state index contributed by atoms with van der Waals surface area (Å²) < 4.78 is 0. The minimum absolute atomic E-state index is 0.167. The molecule has 0 fully saturated rings. The first-order valence-electron chi connectivity index (χ1n) is 5.30. The summed E-state index contributed by atoms with van der Waals surface area (Å²) >= 11 is 0. The van der Waals surface area contributed by atoms with Crippen molar-refractivity contribution in [3.63, 3.8) is 0 Å². The van der Waals surface area contributed by atoms with Crippen LogP contribution in [0.2, 0.25) is 0 Å². The van der Waals surface area contributed by atoms with Crippen LogP contribution >= 0.6 is 0 Å². The highest BCUT2D eigenvalue weighted by atomic mass is 16.4. The highest BCUT2D eigenvalue weighted by molar-refractivity contribution is 6.12. The van der Waals surface area contributed by atoms with E-state index in [-0.39, 0.29) is 11.3 Å². The minimum Gasteiger partial charge on any atom is -0.477 e. The van der Waals surface area contributed by atoms with Gasteiger partial charge in [-0.1, -0.05) is 33.8 Å². The van der Waals surface area contributed by atoms with Crippen molar-refractivity contribution in [2.45, 2.75) is 40.5 Å². The normalized spacial score (nSPS) is 13.0. The number of hydrogen-bond acceptors (Lipinski definition) is 2. The minimum atomic E-state index is -1.38. The summed E-state index contributed by atoms with van der Waals surface area (Å²) in [4.78, 5) is 21.2. The lowest BCUT2D eigenvalue weighted by molar-refractivity contribution is -0.140. The lowest BCUT2D eigenvalue weighted by Crippen LogP contribution is -2.13. The van der Waals surface area contributed by atoms with Crippen LogP contribution in [0.3, 0.4) is 0 Å². The van der Waals surface area contributed by atoms with Gasteiger partial charge in [-0.05, 0) is 24.2 Å². The molecular formula is C12H20O4. The number of carbonyl (C=O) groups is 2. The van der Waals surface area contributed by atoms with E-state index < -0.39 is 17.5 Å². The molecule has 0 bridgehead atoms. The average Bonchev–Trinajstić information content (AvgIpc) is 1.98. The number of aliphatic carboxylic acids is 2. The molecule has 16 heavy (non-hydrogen) atoms. The Morgan fingerprint density at radius 3 is 1.94 bits per heavy atom. The molecule has 0 saturated carbocycles. The molecule has 0 heterocycles. The van der Waals surface area contributed by atoms with Crippen LogP contribution in [0.25, 0.3) is 0 Å². The molecule has 0 aliphatic rings. The van der Waals surface area contributed by atoms with E-state index in [0.29, 0.717) is 6.42 Å². The number of carboxylic acid groups (broad SMARTS) is 2. The molecule has 0 aromatic rings. The van der Waals surface area contributed by atoms with Gasteiger partial charge in [0.25, 0.3) is 0 Å².